The lowest BCUT2D eigenvalue weighted by molar-refractivity contribution is -0.129. The summed E-state index contributed by atoms with van der Waals surface area (Å²) in [6.45, 7) is 4.64. The minimum absolute atomic E-state index is 0.193. The standard InChI is InChI=1S/C14H27N3O/c1-13(8-9-15-10-13)12(18)16-11-14(17(2)3)6-4-5-7-14/h15H,4-11H2,1-3H3,(H,16,18). The Bertz CT molecular complexity index is 302. The van der Waals surface area contributed by atoms with Crippen LogP contribution in [0.1, 0.15) is 39.0 Å². The number of hydrogen-bond donors (Lipinski definition) is 2. The summed E-state index contributed by atoms with van der Waals surface area (Å²) in [5, 5.41) is 6.49. The number of rotatable bonds is 4. The molecular formula is C14H27N3O. The van der Waals surface area contributed by atoms with E-state index in [1.54, 1.807) is 0 Å². The molecule has 104 valence electrons. The Kier molecular flexibility index (Phi) is 3.97. The van der Waals surface area contributed by atoms with Crippen LogP contribution in [-0.4, -0.2) is 50.1 Å². The van der Waals surface area contributed by atoms with Crippen LogP contribution < -0.4 is 10.6 Å². The monoisotopic (exact) mass is 253 g/mol. The third-order valence-corrected chi connectivity index (χ3v) is 4.98. The van der Waals surface area contributed by atoms with Gasteiger partial charge in [0.25, 0.3) is 0 Å². The highest BCUT2D eigenvalue weighted by Crippen LogP contribution is 2.33. The van der Waals surface area contributed by atoms with Crippen molar-refractivity contribution in [2.75, 3.05) is 33.7 Å². The van der Waals surface area contributed by atoms with Crippen LogP contribution in [0, 0.1) is 5.41 Å². The second kappa shape index (κ2) is 5.17. The van der Waals surface area contributed by atoms with Crippen LogP contribution in [0.15, 0.2) is 0 Å². The fourth-order valence-corrected chi connectivity index (χ4v) is 3.28. The molecule has 4 heteroatoms. The topological polar surface area (TPSA) is 44.4 Å². The zero-order valence-electron chi connectivity index (χ0n) is 12.0. The molecule has 0 spiro atoms. The highest BCUT2D eigenvalue weighted by atomic mass is 16.2. The lowest BCUT2D eigenvalue weighted by Crippen LogP contribution is -2.53. The first-order valence-corrected chi connectivity index (χ1v) is 7.15. The van der Waals surface area contributed by atoms with Gasteiger partial charge >= 0.3 is 0 Å². The van der Waals surface area contributed by atoms with Gasteiger partial charge in [-0.15, -0.1) is 0 Å². The lowest BCUT2D eigenvalue weighted by Gasteiger charge is -2.37. The van der Waals surface area contributed by atoms with E-state index in [2.05, 4.69) is 36.6 Å². The summed E-state index contributed by atoms with van der Waals surface area (Å²) in [4.78, 5) is 14.6. The molecule has 2 fully saturated rings. The molecule has 4 nitrogen and oxygen atoms in total. The second-order valence-electron chi connectivity index (χ2n) is 6.50. The number of likely N-dealkylation sites (N-methyl/N-ethyl adjacent to an activating group) is 1. The van der Waals surface area contributed by atoms with Gasteiger partial charge in [-0.1, -0.05) is 12.8 Å². The highest BCUT2D eigenvalue weighted by Gasteiger charge is 2.40. The van der Waals surface area contributed by atoms with E-state index < -0.39 is 0 Å². The molecule has 2 aliphatic rings. The van der Waals surface area contributed by atoms with Gasteiger partial charge in [0.15, 0.2) is 0 Å². The van der Waals surface area contributed by atoms with Gasteiger partial charge in [0.2, 0.25) is 5.91 Å². The second-order valence-corrected chi connectivity index (χ2v) is 6.50. The van der Waals surface area contributed by atoms with Crippen molar-refractivity contribution < 1.29 is 4.79 Å². The number of amides is 1. The molecule has 1 saturated carbocycles. The normalized spacial score (nSPS) is 30.9. The largest absolute Gasteiger partial charge is 0.354 e. The van der Waals surface area contributed by atoms with Gasteiger partial charge in [-0.25, -0.2) is 0 Å². The van der Waals surface area contributed by atoms with Gasteiger partial charge in [0.05, 0.1) is 5.41 Å². The Morgan fingerprint density at radius 3 is 2.44 bits per heavy atom. The predicted molar refractivity (Wildman–Crippen MR) is 73.5 cm³/mol. The predicted octanol–water partition coefficient (Wildman–Crippen LogP) is 0.977. The average Bonchev–Trinajstić information content (AvgIpc) is 2.96. The zero-order chi connectivity index (χ0) is 13.2. The number of nitrogens with zero attached hydrogens (tertiary/aromatic N) is 1. The van der Waals surface area contributed by atoms with Gasteiger partial charge in [-0.05, 0) is 46.8 Å². The molecule has 0 bridgehead atoms. The van der Waals surface area contributed by atoms with E-state index >= 15 is 0 Å². The first-order chi connectivity index (χ1) is 8.49. The maximum absolute atomic E-state index is 12.3. The fourth-order valence-electron chi connectivity index (χ4n) is 3.28. The maximum atomic E-state index is 12.3. The molecular weight excluding hydrogens is 226 g/mol. The van der Waals surface area contributed by atoms with Crippen molar-refractivity contribution in [2.24, 2.45) is 5.41 Å². The number of carbonyl (C=O) groups excluding carboxylic acids is 1. The molecule has 2 N–H and O–H groups in total. The molecule has 1 aliphatic heterocycles. The molecule has 1 unspecified atom stereocenters. The van der Waals surface area contributed by atoms with Crippen LogP contribution in [-0.2, 0) is 4.79 Å². The van der Waals surface area contributed by atoms with Crippen molar-refractivity contribution in [3.8, 4) is 0 Å². The van der Waals surface area contributed by atoms with E-state index in [1.165, 1.54) is 25.7 Å². The van der Waals surface area contributed by atoms with Crippen molar-refractivity contribution in [1.82, 2.24) is 15.5 Å². The van der Waals surface area contributed by atoms with Crippen molar-refractivity contribution in [3.05, 3.63) is 0 Å². The van der Waals surface area contributed by atoms with Gasteiger partial charge in [-0.2, -0.15) is 0 Å². The van der Waals surface area contributed by atoms with Crippen LogP contribution in [0.3, 0.4) is 0 Å². The molecule has 0 aromatic heterocycles. The summed E-state index contributed by atoms with van der Waals surface area (Å²) < 4.78 is 0. The van der Waals surface area contributed by atoms with Crippen LogP contribution in [0.5, 0.6) is 0 Å². The summed E-state index contributed by atoms with van der Waals surface area (Å²) in [5.74, 6) is 0.223. The maximum Gasteiger partial charge on any atom is 0.227 e. The average molecular weight is 253 g/mol. The first-order valence-electron chi connectivity index (χ1n) is 7.15. The molecule has 1 saturated heterocycles. The van der Waals surface area contributed by atoms with Crippen molar-refractivity contribution in [2.45, 2.75) is 44.6 Å². The molecule has 0 aromatic rings. The molecule has 1 aliphatic carbocycles. The Labute approximate surface area is 110 Å². The van der Waals surface area contributed by atoms with Crippen LogP contribution in [0.4, 0.5) is 0 Å². The summed E-state index contributed by atoms with van der Waals surface area (Å²) in [6.07, 6.45) is 5.93. The smallest absolute Gasteiger partial charge is 0.227 e. The number of nitrogens with one attached hydrogen (secondary N) is 2. The number of hydrogen-bond acceptors (Lipinski definition) is 3. The SMILES string of the molecule is CN(C)C1(CNC(=O)C2(C)CCNC2)CCCC1. The van der Waals surface area contributed by atoms with Crippen LogP contribution in [0.2, 0.25) is 0 Å². The summed E-state index contributed by atoms with van der Waals surface area (Å²) in [7, 11) is 4.27. The molecule has 1 atom stereocenters. The third kappa shape index (κ3) is 2.54. The Morgan fingerprint density at radius 1 is 1.28 bits per heavy atom. The van der Waals surface area contributed by atoms with E-state index in [0.29, 0.717) is 0 Å². The van der Waals surface area contributed by atoms with Crippen molar-refractivity contribution in [1.29, 1.82) is 0 Å². The minimum Gasteiger partial charge on any atom is -0.354 e. The van der Waals surface area contributed by atoms with Crippen molar-refractivity contribution in [3.63, 3.8) is 0 Å². The van der Waals surface area contributed by atoms with E-state index in [1.807, 2.05) is 0 Å². The van der Waals surface area contributed by atoms with E-state index in [0.717, 1.165) is 26.1 Å². The fraction of sp³-hybridized carbons (Fsp3) is 0.929. The molecule has 2 rings (SSSR count). The summed E-state index contributed by atoms with van der Waals surface area (Å²) >= 11 is 0. The molecule has 1 heterocycles. The van der Waals surface area contributed by atoms with Gasteiger partial charge in [-0.3, -0.25) is 4.79 Å². The number of carbonyl (C=O) groups is 1. The van der Waals surface area contributed by atoms with Gasteiger partial charge in [0, 0.05) is 18.6 Å². The van der Waals surface area contributed by atoms with Crippen LogP contribution >= 0.6 is 0 Å². The third-order valence-electron chi connectivity index (χ3n) is 4.98. The van der Waals surface area contributed by atoms with E-state index in [4.69, 9.17) is 0 Å². The Balaban J connectivity index is 1.92. The Hall–Kier alpha value is -0.610. The highest BCUT2D eigenvalue weighted by molar-refractivity contribution is 5.82. The molecule has 1 amide bonds. The molecule has 0 radical (unpaired) electrons. The molecule has 0 aromatic carbocycles. The zero-order valence-corrected chi connectivity index (χ0v) is 12.0. The van der Waals surface area contributed by atoms with E-state index in [-0.39, 0.29) is 16.9 Å². The van der Waals surface area contributed by atoms with Gasteiger partial charge < -0.3 is 15.5 Å². The summed E-state index contributed by atoms with van der Waals surface area (Å²) in [6, 6.07) is 0. The molecule has 18 heavy (non-hydrogen) atoms. The van der Waals surface area contributed by atoms with Crippen molar-refractivity contribution >= 4 is 5.91 Å². The minimum atomic E-state index is -0.202. The first kappa shape index (κ1) is 13.8. The quantitative estimate of drug-likeness (QED) is 0.785. The Morgan fingerprint density at radius 2 is 1.94 bits per heavy atom. The van der Waals surface area contributed by atoms with Gasteiger partial charge in [0.1, 0.15) is 0 Å². The summed E-state index contributed by atoms with van der Waals surface area (Å²) in [5.41, 5.74) is -0.00976. The van der Waals surface area contributed by atoms with E-state index in [9.17, 15) is 4.79 Å². The van der Waals surface area contributed by atoms with Crippen LogP contribution in [0.25, 0.3) is 0 Å². The lowest BCUT2D eigenvalue weighted by atomic mass is 9.88.